The summed E-state index contributed by atoms with van der Waals surface area (Å²) in [6, 6.07) is 7.90. The van der Waals surface area contributed by atoms with E-state index in [1.165, 1.54) is 18.3 Å². The third-order valence-electron chi connectivity index (χ3n) is 2.43. The van der Waals surface area contributed by atoms with Crippen LogP contribution in [0.2, 0.25) is 5.15 Å². The monoisotopic (exact) mass is 360 g/mol. The van der Waals surface area contributed by atoms with Gasteiger partial charge in [-0.05, 0) is 36.8 Å². The number of nitrogens with one attached hydrogen (secondary N) is 1. The van der Waals surface area contributed by atoms with Crippen molar-refractivity contribution >= 4 is 43.2 Å². The fourth-order valence-electron chi connectivity index (χ4n) is 1.42. The maximum atomic E-state index is 12.1. The van der Waals surface area contributed by atoms with Crippen LogP contribution < -0.4 is 4.72 Å². The van der Waals surface area contributed by atoms with Gasteiger partial charge in [-0.25, -0.2) is 13.4 Å². The fraction of sp³-hybridized carbons (Fsp3) is 0.0833. The first-order valence-corrected chi connectivity index (χ1v) is 7.94. The van der Waals surface area contributed by atoms with Crippen LogP contribution >= 0.6 is 27.5 Å². The van der Waals surface area contributed by atoms with Crippen molar-refractivity contribution < 1.29 is 8.42 Å². The Balaban J connectivity index is 2.33. The number of anilines is 1. The molecule has 2 rings (SSSR count). The number of sulfonamides is 1. The third-order valence-corrected chi connectivity index (χ3v) is 4.87. The summed E-state index contributed by atoms with van der Waals surface area (Å²) in [5.41, 5.74) is 1.50. The molecule has 2 aromatic rings. The molecular formula is C12H10BrClN2O2S. The van der Waals surface area contributed by atoms with Crippen molar-refractivity contribution in [2.45, 2.75) is 11.8 Å². The van der Waals surface area contributed by atoms with Crippen molar-refractivity contribution in [3.05, 3.63) is 51.7 Å². The Morgan fingerprint density at radius 2 is 2.00 bits per heavy atom. The number of rotatable bonds is 3. The van der Waals surface area contributed by atoms with E-state index in [-0.39, 0.29) is 10.0 Å². The van der Waals surface area contributed by atoms with Gasteiger partial charge in [0.1, 0.15) is 5.15 Å². The molecule has 0 saturated heterocycles. The SMILES string of the molecule is Cc1ccc(NS(=O)(=O)c2ccnc(Cl)c2)cc1Br. The van der Waals surface area contributed by atoms with Crippen LogP contribution in [0.1, 0.15) is 5.56 Å². The highest BCUT2D eigenvalue weighted by Crippen LogP contribution is 2.23. The molecule has 0 aliphatic heterocycles. The van der Waals surface area contributed by atoms with E-state index in [4.69, 9.17) is 11.6 Å². The Bertz CT molecular complexity index is 719. The number of benzene rings is 1. The second kappa shape index (κ2) is 5.48. The third kappa shape index (κ3) is 3.46. The summed E-state index contributed by atoms with van der Waals surface area (Å²) in [4.78, 5) is 3.83. The van der Waals surface area contributed by atoms with Gasteiger partial charge in [-0.3, -0.25) is 4.72 Å². The average Bonchev–Trinajstić information content (AvgIpc) is 2.33. The average molecular weight is 362 g/mol. The van der Waals surface area contributed by atoms with Crippen LogP contribution in [-0.4, -0.2) is 13.4 Å². The van der Waals surface area contributed by atoms with Crippen LogP contribution in [0.5, 0.6) is 0 Å². The van der Waals surface area contributed by atoms with E-state index in [9.17, 15) is 8.42 Å². The van der Waals surface area contributed by atoms with Gasteiger partial charge in [0.25, 0.3) is 10.0 Å². The molecule has 4 nitrogen and oxygen atoms in total. The van der Waals surface area contributed by atoms with Gasteiger partial charge < -0.3 is 0 Å². The molecule has 1 heterocycles. The van der Waals surface area contributed by atoms with Crippen LogP contribution in [0.3, 0.4) is 0 Å². The molecule has 0 aliphatic rings. The zero-order valence-electron chi connectivity index (χ0n) is 9.89. The molecule has 0 fully saturated rings. The van der Waals surface area contributed by atoms with Gasteiger partial charge in [-0.1, -0.05) is 33.6 Å². The number of aromatic nitrogens is 1. The van der Waals surface area contributed by atoms with Crippen molar-refractivity contribution in [3.63, 3.8) is 0 Å². The molecule has 1 N–H and O–H groups in total. The van der Waals surface area contributed by atoms with Gasteiger partial charge >= 0.3 is 0 Å². The van der Waals surface area contributed by atoms with E-state index in [0.29, 0.717) is 5.69 Å². The standard InChI is InChI=1S/C12H10BrClN2O2S/c1-8-2-3-9(6-11(8)13)16-19(17,18)10-4-5-15-12(14)7-10/h2-7,16H,1H3. The molecule has 0 bridgehead atoms. The molecule has 0 unspecified atom stereocenters. The molecular weight excluding hydrogens is 352 g/mol. The molecule has 0 amide bonds. The van der Waals surface area contributed by atoms with Crippen molar-refractivity contribution in [1.29, 1.82) is 0 Å². The number of halogens is 2. The lowest BCUT2D eigenvalue weighted by atomic mass is 10.2. The Morgan fingerprint density at radius 1 is 1.26 bits per heavy atom. The van der Waals surface area contributed by atoms with E-state index in [1.54, 1.807) is 12.1 Å². The summed E-state index contributed by atoms with van der Waals surface area (Å²) in [5.74, 6) is 0. The Hall–Kier alpha value is -1.11. The molecule has 0 atom stereocenters. The Kier molecular flexibility index (Phi) is 4.13. The van der Waals surface area contributed by atoms with Crippen LogP contribution in [0.4, 0.5) is 5.69 Å². The number of pyridine rings is 1. The van der Waals surface area contributed by atoms with Gasteiger partial charge in [0, 0.05) is 16.4 Å². The van der Waals surface area contributed by atoms with Gasteiger partial charge in [0.05, 0.1) is 4.90 Å². The van der Waals surface area contributed by atoms with E-state index in [1.807, 2.05) is 13.0 Å². The van der Waals surface area contributed by atoms with Gasteiger partial charge in [0.2, 0.25) is 0 Å². The zero-order chi connectivity index (χ0) is 14.0. The highest BCUT2D eigenvalue weighted by molar-refractivity contribution is 9.10. The van der Waals surface area contributed by atoms with E-state index >= 15 is 0 Å². The zero-order valence-corrected chi connectivity index (χ0v) is 13.1. The number of hydrogen-bond acceptors (Lipinski definition) is 3. The first-order valence-electron chi connectivity index (χ1n) is 5.29. The van der Waals surface area contributed by atoms with Crippen molar-refractivity contribution in [2.75, 3.05) is 4.72 Å². The van der Waals surface area contributed by atoms with Crippen molar-refractivity contribution in [3.8, 4) is 0 Å². The Morgan fingerprint density at radius 3 is 2.63 bits per heavy atom. The lowest BCUT2D eigenvalue weighted by Gasteiger charge is -2.09. The molecule has 0 spiro atoms. The summed E-state index contributed by atoms with van der Waals surface area (Å²) in [6.07, 6.45) is 1.35. The highest BCUT2D eigenvalue weighted by Gasteiger charge is 2.15. The van der Waals surface area contributed by atoms with E-state index in [0.717, 1.165) is 10.0 Å². The first kappa shape index (κ1) is 14.3. The van der Waals surface area contributed by atoms with Crippen LogP contribution in [0.15, 0.2) is 45.9 Å². The predicted molar refractivity (Wildman–Crippen MR) is 78.9 cm³/mol. The lowest BCUT2D eigenvalue weighted by molar-refractivity contribution is 0.601. The minimum Gasteiger partial charge on any atom is -0.280 e. The van der Waals surface area contributed by atoms with Gasteiger partial charge in [-0.15, -0.1) is 0 Å². The van der Waals surface area contributed by atoms with Gasteiger partial charge in [-0.2, -0.15) is 0 Å². The normalized spacial score (nSPS) is 11.3. The quantitative estimate of drug-likeness (QED) is 0.850. The molecule has 100 valence electrons. The summed E-state index contributed by atoms with van der Waals surface area (Å²) in [5, 5.41) is 0.132. The number of nitrogens with zero attached hydrogens (tertiary/aromatic N) is 1. The van der Waals surface area contributed by atoms with Crippen LogP contribution in [-0.2, 0) is 10.0 Å². The molecule has 1 aromatic heterocycles. The number of hydrogen-bond donors (Lipinski definition) is 1. The smallest absolute Gasteiger partial charge is 0.262 e. The molecule has 0 aliphatic carbocycles. The predicted octanol–water partition coefficient (Wildman–Crippen LogP) is 3.61. The summed E-state index contributed by atoms with van der Waals surface area (Å²) < 4.78 is 27.6. The number of aryl methyl sites for hydroxylation is 1. The topological polar surface area (TPSA) is 59.1 Å². The fourth-order valence-corrected chi connectivity index (χ4v) is 3.10. The van der Waals surface area contributed by atoms with E-state index in [2.05, 4.69) is 25.6 Å². The highest BCUT2D eigenvalue weighted by atomic mass is 79.9. The second-order valence-corrected chi connectivity index (χ2v) is 6.81. The van der Waals surface area contributed by atoms with E-state index < -0.39 is 10.0 Å². The second-order valence-electron chi connectivity index (χ2n) is 3.88. The molecule has 19 heavy (non-hydrogen) atoms. The van der Waals surface area contributed by atoms with Crippen molar-refractivity contribution in [1.82, 2.24) is 4.98 Å². The molecule has 0 saturated carbocycles. The lowest BCUT2D eigenvalue weighted by Crippen LogP contribution is -2.13. The minimum absolute atomic E-state index is 0.0733. The largest absolute Gasteiger partial charge is 0.280 e. The van der Waals surface area contributed by atoms with Crippen molar-refractivity contribution in [2.24, 2.45) is 0 Å². The van der Waals surface area contributed by atoms with Crippen LogP contribution in [0.25, 0.3) is 0 Å². The first-order chi connectivity index (χ1) is 8.88. The minimum atomic E-state index is -3.66. The van der Waals surface area contributed by atoms with Gasteiger partial charge in [0.15, 0.2) is 0 Å². The summed E-state index contributed by atoms with van der Waals surface area (Å²) >= 11 is 9.04. The summed E-state index contributed by atoms with van der Waals surface area (Å²) in [7, 11) is -3.66. The molecule has 1 aromatic carbocycles. The van der Waals surface area contributed by atoms with Crippen LogP contribution in [0, 0.1) is 6.92 Å². The maximum Gasteiger partial charge on any atom is 0.262 e. The Labute approximate surface area is 125 Å². The summed E-state index contributed by atoms with van der Waals surface area (Å²) in [6.45, 7) is 1.92. The maximum absolute atomic E-state index is 12.1. The molecule has 7 heteroatoms. The molecule has 0 radical (unpaired) electrons.